The van der Waals surface area contributed by atoms with E-state index < -0.39 is 5.72 Å². The predicted molar refractivity (Wildman–Crippen MR) is 83.3 cm³/mol. The van der Waals surface area contributed by atoms with Crippen molar-refractivity contribution >= 4 is 17.7 Å². The molecule has 106 valence electrons. The average molecular weight is 279 g/mol. The van der Waals surface area contributed by atoms with Crippen molar-refractivity contribution in [3.63, 3.8) is 0 Å². The van der Waals surface area contributed by atoms with Gasteiger partial charge in [0.2, 0.25) is 5.72 Å². The minimum Gasteiger partial charge on any atom is -0.460 e. The second-order valence-electron chi connectivity index (χ2n) is 6.26. The third-order valence-corrected chi connectivity index (χ3v) is 4.35. The van der Waals surface area contributed by atoms with Crippen molar-refractivity contribution in [3.05, 3.63) is 48.2 Å². The van der Waals surface area contributed by atoms with Gasteiger partial charge in [-0.15, -0.1) is 0 Å². The van der Waals surface area contributed by atoms with Crippen molar-refractivity contribution in [2.75, 3.05) is 5.32 Å². The summed E-state index contributed by atoms with van der Waals surface area (Å²) in [6, 6.07) is 11.9. The van der Waals surface area contributed by atoms with Crippen molar-refractivity contribution in [3.8, 4) is 5.75 Å². The Balaban J connectivity index is 1.82. The van der Waals surface area contributed by atoms with Gasteiger partial charge in [0, 0.05) is 11.6 Å². The largest absolute Gasteiger partial charge is 0.460 e. The number of nitrogens with one attached hydrogen (secondary N) is 1. The molecule has 21 heavy (non-hydrogen) atoms. The van der Waals surface area contributed by atoms with E-state index in [0.29, 0.717) is 0 Å². The maximum absolute atomic E-state index is 6.33. The normalized spacial score (nSPS) is 24.7. The fourth-order valence-electron chi connectivity index (χ4n) is 3.03. The summed E-state index contributed by atoms with van der Waals surface area (Å²) in [6.07, 6.45) is 4.57. The van der Waals surface area contributed by atoms with Gasteiger partial charge in [0.25, 0.3) is 0 Å². The van der Waals surface area contributed by atoms with E-state index in [2.05, 4.69) is 35.2 Å². The Bertz CT molecular complexity index is 738. The van der Waals surface area contributed by atoms with Gasteiger partial charge in [-0.1, -0.05) is 32.0 Å². The number of fused-ring (bicyclic) bond motifs is 2. The lowest BCUT2D eigenvalue weighted by atomic mass is 9.73. The van der Waals surface area contributed by atoms with E-state index in [-0.39, 0.29) is 5.41 Å². The first kappa shape index (κ1) is 12.4. The molecule has 3 heterocycles. The van der Waals surface area contributed by atoms with Crippen LogP contribution in [0.3, 0.4) is 0 Å². The molecule has 0 saturated heterocycles. The fourth-order valence-corrected chi connectivity index (χ4v) is 3.03. The standard InChI is InChI=1S/C17H17N3O/c1-16(2)10-12-6-5-9-18-15(12)20-17(16)11-19-13-7-3-4-8-14(13)21-17/h3-9,11H,10H2,1-2H3,(H,18,20)/t17-/m1/s1. The molecule has 0 unspecified atom stereocenters. The number of benzene rings is 1. The smallest absolute Gasteiger partial charge is 0.223 e. The zero-order valence-electron chi connectivity index (χ0n) is 12.1. The maximum Gasteiger partial charge on any atom is 0.223 e. The Kier molecular flexibility index (Phi) is 2.40. The van der Waals surface area contributed by atoms with E-state index in [1.807, 2.05) is 36.5 Å². The molecule has 1 spiro atoms. The van der Waals surface area contributed by atoms with E-state index in [1.165, 1.54) is 5.56 Å². The zero-order valence-corrected chi connectivity index (χ0v) is 12.1. The summed E-state index contributed by atoms with van der Waals surface area (Å²) < 4.78 is 6.33. The van der Waals surface area contributed by atoms with Crippen molar-refractivity contribution in [2.45, 2.75) is 26.0 Å². The molecule has 4 nitrogen and oxygen atoms in total. The van der Waals surface area contributed by atoms with Gasteiger partial charge in [-0.05, 0) is 30.2 Å². The third kappa shape index (κ3) is 1.75. The summed E-state index contributed by atoms with van der Waals surface area (Å²) in [6.45, 7) is 4.38. The first-order valence-corrected chi connectivity index (χ1v) is 7.15. The highest BCUT2D eigenvalue weighted by atomic mass is 16.5. The molecule has 2 aliphatic rings. The highest BCUT2D eigenvalue weighted by molar-refractivity contribution is 5.82. The number of nitrogens with zero attached hydrogens (tertiary/aromatic N) is 2. The molecule has 2 aliphatic heterocycles. The summed E-state index contributed by atoms with van der Waals surface area (Å²) in [7, 11) is 0. The molecule has 2 aromatic rings. The first-order valence-electron chi connectivity index (χ1n) is 7.15. The topological polar surface area (TPSA) is 46.5 Å². The zero-order chi connectivity index (χ0) is 14.5. The number of rotatable bonds is 0. The van der Waals surface area contributed by atoms with Crippen LogP contribution in [-0.2, 0) is 6.42 Å². The molecular formula is C17H17N3O. The first-order chi connectivity index (χ1) is 10.1. The lowest BCUT2D eigenvalue weighted by Crippen LogP contribution is -2.61. The minimum atomic E-state index is -0.664. The molecule has 0 fully saturated rings. The highest BCUT2D eigenvalue weighted by Crippen LogP contribution is 2.46. The molecule has 0 bridgehead atoms. The second-order valence-corrected chi connectivity index (χ2v) is 6.26. The molecule has 0 saturated carbocycles. The molecule has 4 rings (SSSR count). The Labute approximate surface area is 123 Å². The van der Waals surface area contributed by atoms with Gasteiger partial charge in [-0.2, -0.15) is 0 Å². The molecule has 4 heteroatoms. The number of para-hydroxylation sites is 2. The molecule has 1 aromatic heterocycles. The van der Waals surface area contributed by atoms with Gasteiger partial charge in [0.1, 0.15) is 17.3 Å². The Hall–Kier alpha value is -2.36. The quantitative estimate of drug-likeness (QED) is 0.802. The monoisotopic (exact) mass is 279 g/mol. The summed E-state index contributed by atoms with van der Waals surface area (Å²) in [4.78, 5) is 9.04. The molecule has 1 atom stereocenters. The number of pyridine rings is 1. The predicted octanol–water partition coefficient (Wildman–Crippen LogP) is 3.57. The number of aliphatic imine (C=N–C) groups is 1. The van der Waals surface area contributed by atoms with Gasteiger partial charge in [-0.3, -0.25) is 4.99 Å². The Morgan fingerprint density at radius 1 is 1.14 bits per heavy atom. The summed E-state index contributed by atoms with van der Waals surface area (Å²) in [5.74, 6) is 1.68. The number of hydrogen-bond acceptors (Lipinski definition) is 4. The summed E-state index contributed by atoms with van der Waals surface area (Å²) in [5.41, 5.74) is 1.28. The van der Waals surface area contributed by atoms with E-state index in [4.69, 9.17) is 4.74 Å². The molecule has 0 radical (unpaired) electrons. The molecule has 1 aromatic carbocycles. The van der Waals surface area contributed by atoms with Gasteiger partial charge in [0.15, 0.2) is 0 Å². The summed E-state index contributed by atoms with van der Waals surface area (Å²) >= 11 is 0. The van der Waals surface area contributed by atoms with E-state index in [1.54, 1.807) is 6.20 Å². The van der Waals surface area contributed by atoms with Crippen LogP contribution in [0.2, 0.25) is 0 Å². The number of hydrogen-bond donors (Lipinski definition) is 1. The van der Waals surface area contributed by atoms with Gasteiger partial charge in [-0.25, -0.2) is 4.98 Å². The number of aromatic nitrogens is 1. The fraction of sp³-hybridized carbons (Fsp3) is 0.294. The van der Waals surface area contributed by atoms with Crippen molar-refractivity contribution in [1.82, 2.24) is 4.98 Å². The van der Waals surface area contributed by atoms with Crippen LogP contribution in [-0.4, -0.2) is 16.9 Å². The second kappa shape index (κ2) is 4.07. The summed E-state index contributed by atoms with van der Waals surface area (Å²) in [5, 5.41) is 3.46. The molecule has 0 amide bonds. The lowest BCUT2D eigenvalue weighted by Gasteiger charge is -2.49. The van der Waals surface area contributed by atoms with Crippen LogP contribution in [0.15, 0.2) is 47.6 Å². The van der Waals surface area contributed by atoms with Crippen molar-refractivity contribution in [1.29, 1.82) is 0 Å². The van der Waals surface area contributed by atoms with Gasteiger partial charge >= 0.3 is 0 Å². The number of anilines is 1. The average Bonchev–Trinajstić information content (AvgIpc) is 2.48. The molecular weight excluding hydrogens is 262 g/mol. The minimum absolute atomic E-state index is 0.139. The van der Waals surface area contributed by atoms with Crippen LogP contribution < -0.4 is 10.1 Å². The van der Waals surface area contributed by atoms with Crippen LogP contribution >= 0.6 is 0 Å². The van der Waals surface area contributed by atoms with Gasteiger partial charge in [0.05, 0.1) is 6.21 Å². The SMILES string of the molecule is CC1(C)Cc2cccnc2N[C@@]12C=Nc1ccccc1O2. The highest BCUT2D eigenvalue weighted by Gasteiger charge is 2.51. The van der Waals surface area contributed by atoms with Crippen LogP contribution in [0.4, 0.5) is 11.5 Å². The maximum atomic E-state index is 6.33. The van der Waals surface area contributed by atoms with Crippen molar-refractivity contribution in [2.24, 2.45) is 10.4 Å². The molecule has 0 aliphatic carbocycles. The van der Waals surface area contributed by atoms with Crippen LogP contribution in [0.5, 0.6) is 5.75 Å². The van der Waals surface area contributed by atoms with Crippen molar-refractivity contribution < 1.29 is 4.74 Å². The molecule has 1 N–H and O–H groups in total. The third-order valence-electron chi connectivity index (χ3n) is 4.35. The van der Waals surface area contributed by atoms with Crippen LogP contribution in [0, 0.1) is 5.41 Å². The van der Waals surface area contributed by atoms with Crippen LogP contribution in [0.25, 0.3) is 0 Å². The van der Waals surface area contributed by atoms with E-state index >= 15 is 0 Å². The van der Waals surface area contributed by atoms with E-state index in [9.17, 15) is 0 Å². The van der Waals surface area contributed by atoms with E-state index in [0.717, 1.165) is 23.7 Å². The van der Waals surface area contributed by atoms with Gasteiger partial charge < -0.3 is 10.1 Å². The Morgan fingerprint density at radius 3 is 2.90 bits per heavy atom. The lowest BCUT2D eigenvalue weighted by molar-refractivity contribution is 0.0388. The van der Waals surface area contributed by atoms with Crippen LogP contribution in [0.1, 0.15) is 19.4 Å². The Morgan fingerprint density at radius 2 is 2.00 bits per heavy atom. The number of ether oxygens (including phenoxy) is 1.